The van der Waals surface area contributed by atoms with E-state index in [0.29, 0.717) is 12.1 Å². The average molecular weight is 333 g/mol. The maximum absolute atomic E-state index is 12.1. The number of carbonyl (C=O) groups is 1. The Morgan fingerprint density at radius 2 is 1.83 bits per heavy atom. The Hall–Kier alpha value is -2.43. The lowest BCUT2D eigenvalue weighted by Crippen LogP contribution is -2.24. The Morgan fingerprint density at radius 3 is 2.46 bits per heavy atom. The van der Waals surface area contributed by atoms with Gasteiger partial charge in [-0.3, -0.25) is 4.79 Å². The summed E-state index contributed by atoms with van der Waals surface area (Å²) in [5.74, 6) is -0.185. The summed E-state index contributed by atoms with van der Waals surface area (Å²) < 4.78 is 28.4. The van der Waals surface area contributed by atoms with Gasteiger partial charge in [0.2, 0.25) is 0 Å². The predicted octanol–water partition coefficient (Wildman–Crippen LogP) is 4.27. The quantitative estimate of drug-likeness (QED) is 0.769. The summed E-state index contributed by atoms with van der Waals surface area (Å²) in [6.07, 6.45) is 1.73. The molecule has 2 aromatic rings. The summed E-state index contributed by atoms with van der Waals surface area (Å²) >= 11 is 0. The zero-order valence-electron chi connectivity index (χ0n) is 13.8. The standard InChI is InChI=1S/C19H21F2NO2/c1-13-5-6-15(14(2)12-13)4-3-11-22-18(23)16-7-9-17(10-8-16)24-19(20)21/h5-10,12,19H,3-4,11H2,1-2H3,(H,22,23). The van der Waals surface area contributed by atoms with E-state index in [4.69, 9.17) is 0 Å². The molecule has 0 heterocycles. The predicted molar refractivity (Wildman–Crippen MR) is 89.6 cm³/mol. The van der Waals surface area contributed by atoms with Crippen LogP contribution in [0.3, 0.4) is 0 Å². The van der Waals surface area contributed by atoms with Gasteiger partial charge >= 0.3 is 6.61 Å². The van der Waals surface area contributed by atoms with Crippen LogP contribution in [0.4, 0.5) is 8.78 Å². The fraction of sp³-hybridized carbons (Fsp3) is 0.316. The average Bonchev–Trinajstić information content (AvgIpc) is 2.53. The van der Waals surface area contributed by atoms with E-state index in [2.05, 4.69) is 42.1 Å². The van der Waals surface area contributed by atoms with E-state index in [-0.39, 0.29) is 11.7 Å². The molecule has 3 nitrogen and oxygen atoms in total. The second-order valence-electron chi connectivity index (χ2n) is 5.69. The fourth-order valence-corrected chi connectivity index (χ4v) is 2.50. The van der Waals surface area contributed by atoms with Gasteiger partial charge in [0.05, 0.1) is 0 Å². The molecule has 0 aliphatic rings. The molecule has 1 amide bonds. The summed E-state index contributed by atoms with van der Waals surface area (Å²) in [5, 5.41) is 2.83. The van der Waals surface area contributed by atoms with E-state index < -0.39 is 6.61 Å². The van der Waals surface area contributed by atoms with Crippen LogP contribution in [0.5, 0.6) is 5.75 Å². The molecule has 1 N–H and O–H groups in total. The molecule has 0 radical (unpaired) electrons. The molecule has 0 atom stereocenters. The highest BCUT2D eigenvalue weighted by molar-refractivity contribution is 5.94. The molecule has 0 saturated carbocycles. The zero-order valence-corrected chi connectivity index (χ0v) is 13.8. The van der Waals surface area contributed by atoms with Gasteiger partial charge in [0.1, 0.15) is 5.75 Å². The molecule has 0 bridgehead atoms. The number of carbonyl (C=O) groups excluding carboxylic acids is 1. The van der Waals surface area contributed by atoms with Crippen molar-refractivity contribution in [3.05, 3.63) is 64.7 Å². The maximum Gasteiger partial charge on any atom is 0.387 e. The summed E-state index contributed by atoms with van der Waals surface area (Å²) in [4.78, 5) is 12.0. The van der Waals surface area contributed by atoms with Crippen molar-refractivity contribution in [3.63, 3.8) is 0 Å². The molecule has 0 aliphatic heterocycles. The van der Waals surface area contributed by atoms with Crippen molar-refractivity contribution >= 4 is 5.91 Å². The first-order valence-corrected chi connectivity index (χ1v) is 7.85. The second-order valence-corrected chi connectivity index (χ2v) is 5.69. The van der Waals surface area contributed by atoms with Crippen molar-refractivity contribution in [2.45, 2.75) is 33.3 Å². The molecule has 5 heteroatoms. The van der Waals surface area contributed by atoms with E-state index in [9.17, 15) is 13.6 Å². The van der Waals surface area contributed by atoms with Crippen LogP contribution in [0, 0.1) is 13.8 Å². The molecule has 0 aliphatic carbocycles. The number of nitrogens with one attached hydrogen (secondary N) is 1. The van der Waals surface area contributed by atoms with Crippen LogP contribution in [0.25, 0.3) is 0 Å². The van der Waals surface area contributed by atoms with Crippen LogP contribution < -0.4 is 10.1 Å². The lowest BCUT2D eigenvalue weighted by Gasteiger charge is -2.09. The number of ether oxygens (including phenoxy) is 1. The van der Waals surface area contributed by atoms with Crippen LogP contribution in [-0.4, -0.2) is 19.1 Å². The minimum Gasteiger partial charge on any atom is -0.435 e. The Labute approximate surface area is 140 Å². The Balaban J connectivity index is 1.78. The number of amides is 1. The van der Waals surface area contributed by atoms with Crippen LogP contribution in [0.15, 0.2) is 42.5 Å². The van der Waals surface area contributed by atoms with Crippen LogP contribution in [-0.2, 0) is 6.42 Å². The minimum atomic E-state index is -2.87. The topological polar surface area (TPSA) is 38.3 Å². The molecule has 0 unspecified atom stereocenters. The smallest absolute Gasteiger partial charge is 0.387 e. The van der Waals surface area contributed by atoms with Crippen molar-refractivity contribution < 1.29 is 18.3 Å². The van der Waals surface area contributed by atoms with Gasteiger partial charge in [-0.1, -0.05) is 23.8 Å². The van der Waals surface area contributed by atoms with E-state index in [0.717, 1.165) is 12.8 Å². The van der Waals surface area contributed by atoms with Gasteiger partial charge in [-0.05, 0) is 62.1 Å². The summed E-state index contributed by atoms with van der Waals surface area (Å²) in [5.41, 5.74) is 4.20. The number of benzene rings is 2. The Kier molecular flexibility index (Phi) is 6.29. The molecule has 24 heavy (non-hydrogen) atoms. The summed E-state index contributed by atoms with van der Waals surface area (Å²) in [7, 11) is 0. The third kappa shape index (κ3) is 5.33. The Morgan fingerprint density at radius 1 is 1.12 bits per heavy atom. The van der Waals surface area contributed by atoms with Gasteiger partial charge in [-0.2, -0.15) is 8.78 Å². The second kappa shape index (κ2) is 8.43. The number of hydrogen-bond acceptors (Lipinski definition) is 2. The summed E-state index contributed by atoms with van der Waals surface area (Å²) in [6.45, 7) is 1.84. The molecule has 0 saturated heterocycles. The lowest BCUT2D eigenvalue weighted by atomic mass is 10.0. The van der Waals surface area contributed by atoms with Gasteiger partial charge in [0.25, 0.3) is 5.91 Å². The van der Waals surface area contributed by atoms with Gasteiger partial charge in [0.15, 0.2) is 0 Å². The zero-order chi connectivity index (χ0) is 17.5. The molecule has 2 aromatic carbocycles. The van der Waals surface area contributed by atoms with E-state index in [1.54, 1.807) is 0 Å². The summed E-state index contributed by atoms with van der Waals surface area (Å²) in [6, 6.07) is 12.0. The largest absolute Gasteiger partial charge is 0.435 e. The number of aryl methyl sites for hydroxylation is 3. The van der Waals surface area contributed by atoms with Crippen molar-refractivity contribution in [3.8, 4) is 5.75 Å². The monoisotopic (exact) mass is 333 g/mol. The molecule has 128 valence electrons. The number of rotatable bonds is 7. The molecule has 0 fully saturated rings. The van der Waals surface area contributed by atoms with Gasteiger partial charge in [-0.25, -0.2) is 0 Å². The first-order chi connectivity index (χ1) is 11.5. The lowest BCUT2D eigenvalue weighted by molar-refractivity contribution is -0.0498. The van der Waals surface area contributed by atoms with Crippen molar-refractivity contribution in [1.29, 1.82) is 0 Å². The highest BCUT2D eigenvalue weighted by atomic mass is 19.3. The molecular weight excluding hydrogens is 312 g/mol. The molecular formula is C19H21F2NO2. The third-order valence-electron chi connectivity index (χ3n) is 3.75. The van der Waals surface area contributed by atoms with Crippen molar-refractivity contribution in [2.24, 2.45) is 0 Å². The Bertz CT molecular complexity index is 684. The molecule has 0 spiro atoms. The maximum atomic E-state index is 12.1. The minimum absolute atomic E-state index is 0.0383. The molecule has 2 rings (SSSR count). The first kappa shape index (κ1) is 17.9. The first-order valence-electron chi connectivity index (χ1n) is 7.85. The fourth-order valence-electron chi connectivity index (χ4n) is 2.50. The van der Waals surface area contributed by atoms with E-state index in [1.807, 2.05) is 0 Å². The van der Waals surface area contributed by atoms with Crippen molar-refractivity contribution in [1.82, 2.24) is 5.32 Å². The van der Waals surface area contributed by atoms with Gasteiger partial charge in [-0.15, -0.1) is 0 Å². The number of hydrogen-bond donors (Lipinski definition) is 1. The van der Waals surface area contributed by atoms with Crippen LogP contribution in [0.2, 0.25) is 0 Å². The highest BCUT2D eigenvalue weighted by Crippen LogP contribution is 2.15. The number of halogens is 2. The van der Waals surface area contributed by atoms with E-state index >= 15 is 0 Å². The third-order valence-corrected chi connectivity index (χ3v) is 3.75. The SMILES string of the molecule is Cc1ccc(CCCNC(=O)c2ccc(OC(F)F)cc2)c(C)c1. The normalized spacial score (nSPS) is 10.7. The highest BCUT2D eigenvalue weighted by Gasteiger charge is 2.08. The van der Waals surface area contributed by atoms with Crippen LogP contribution >= 0.6 is 0 Å². The van der Waals surface area contributed by atoms with Crippen LogP contribution in [0.1, 0.15) is 33.5 Å². The van der Waals surface area contributed by atoms with Gasteiger partial charge in [0, 0.05) is 12.1 Å². The van der Waals surface area contributed by atoms with Gasteiger partial charge < -0.3 is 10.1 Å². The molecule has 0 aromatic heterocycles. The van der Waals surface area contributed by atoms with Crippen molar-refractivity contribution in [2.75, 3.05) is 6.54 Å². The van der Waals surface area contributed by atoms with E-state index in [1.165, 1.54) is 41.0 Å². The number of alkyl halides is 2.